The summed E-state index contributed by atoms with van der Waals surface area (Å²) in [7, 11) is 0. The van der Waals surface area contributed by atoms with Gasteiger partial charge in [0.2, 0.25) is 5.91 Å². The molecule has 3 nitrogen and oxygen atoms in total. The number of carbonyl (C=O) groups excluding carboxylic acids is 1. The summed E-state index contributed by atoms with van der Waals surface area (Å²) in [6, 6.07) is 10.2. The molecule has 3 heteroatoms. The number of rotatable bonds is 10. The zero-order valence-electron chi connectivity index (χ0n) is 15.6. The van der Waals surface area contributed by atoms with Crippen molar-refractivity contribution in [1.82, 2.24) is 4.90 Å². The Balaban J connectivity index is 1.84. The van der Waals surface area contributed by atoms with Crippen LogP contribution < -0.4 is 0 Å². The lowest BCUT2D eigenvalue weighted by Crippen LogP contribution is -2.43. The highest BCUT2D eigenvalue weighted by atomic mass is 16.3. The highest BCUT2D eigenvalue weighted by Gasteiger charge is 2.25. The predicted molar refractivity (Wildman–Crippen MR) is 103 cm³/mol. The van der Waals surface area contributed by atoms with Crippen molar-refractivity contribution < 1.29 is 9.90 Å². The van der Waals surface area contributed by atoms with Crippen molar-refractivity contribution >= 4 is 5.91 Å². The third-order valence-electron chi connectivity index (χ3n) is 4.96. The maximum Gasteiger partial charge on any atom is 0.223 e. The van der Waals surface area contributed by atoms with Crippen LogP contribution in [0.2, 0.25) is 0 Å². The molecule has 1 heterocycles. The van der Waals surface area contributed by atoms with Crippen LogP contribution in [-0.2, 0) is 11.2 Å². The standard InChI is InChI=1S/C22H33NO2/c1-2-3-4-5-9-17-23-20(13-10-14-22(23)25)15-16-21(24)18-19-11-7-6-8-12-19/h6-8,11-12,15-16,20-21,24H,2-5,9-10,13-14,17-18H2,1H3/b16-15+. The summed E-state index contributed by atoms with van der Waals surface area (Å²) in [6.07, 6.45) is 12.8. The molecule has 1 aliphatic rings. The molecule has 1 saturated heterocycles. The average Bonchev–Trinajstić information content (AvgIpc) is 2.62. The van der Waals surface area contributed by atoms with E-state index in [9.17, 15) is 9.90 Å². The van der Waals surface area contributed by atoms with E-state index in [2.05, 4.69) is 13.0 Å². The summed E-state index contributed by atoms with van der Waals surface area (Å²) in [4.78, 5) is 14.3. The summed E-state index contributed by atoms with van der Waals surface area (Å²) in [5.74, 6) is 0.272. The number of amides is 1. The second-order valence-electron chi connectivity index (χ2n) is 7.10. The molecular formula is C22H33NO2. The molecule has 1 aromatic carbocycles. The number of aliphatic hydroxyl groups excluding tert-OH is 1. The third-order valence-corrected chi connectivity index (χ3v) is 4.96. The van der Waals surface area contributed by atoms with Crippen LogP contribution in [-0.4, -0.2) is 34.6 Å². The molecule has 0 saturated carbocycles. The lowest BCUT2D eigenvalue weighted by Gasteiger charge is -2.34. The summed E-state index contributed by atoms with van der Waals surface area (Å²) in [5, 5.41) is 10.3. The summed E-state index contributed by atoms with van der Waals surface area (Å²) >= 11 is 0. The zero-order valence-corrected chi connectivity index (χ0v) is 15.6. The van der Waals surface area contributed by atoms with Crippen LogP contribution in [0, 0.1) is 0 Å². The molecule has 1 aliphatic heterocycles. The zero-order chi connectivity index (χ0) is 17.9. The molecule has 2 atom stereocenters. The van der Waals surface area contributed by atoms with Crippen LogP contribution in [0.4, 0.5) is 0 Å². The molecule has 0 radical (unpaired) electrons. The first kappa shape index (κ1) is 19.7. The minimum Gasteiger partial charge on any atom is -0.389 e. The van der Waals surface area contributed by atoms with E-state index in [4.69, 9.17) is 0 Å². The van der Waals surface area contributed by atoms with E-state index in [1.54, 1.807) is 0 Å². The van der Waals surface area contributed by atoms with Crippen molar-refractivity contribution in [3.63, 3.8) is 0 Å². The first-order valence-electron chi connectivity index (χ1n) is 9.90. The van der Waals surface area contributed by atoms with E-state index in [0.717, 1.165) is 31.4 Å². The molecule has 25 heavy (non-hydrogen) atoms. The maximum atomic E-state index is 12.3. The van der Waals surface area contributed by atoms with Crippen LogP contribution in [0.1, 0.15) is 63.9 Å². The quantitative estimate of drug-likeness (QED) is 0.502. The molecule has 0 aliphatic carbocycles. The van der Waals surface area contributed by atoms with Gasteiger partial charge in [-0.3, -0.25) is 4.79 Å². The SMILES string of the molecule is CCCCCCCN1C(=O)CCCC1/C=C/C(O)Cc1ccccc1. The van der Waals surface area contributed by atoms with Gasteiger partial charge in [-0.05, 0) is 24.8 Å². The van der Waals surface area contributed by atoms with E-state index < -0.39 is 6.10 Å². The van der Waals surface area contributed by atoms with Gasteiger partial charge in [-0.2, -0.15) is 0 Å². The first-order chi connectivity index (χ1) is 12.2. The number of hydrogen-bond acceptors (Lipinski definition) is 2. The number of piperidine rings is 1. The van der Waals surface area contributed by atoms with Crippen molar-refractivity contribution in [3.8, 4) is 0 Å². The minimum absolute atomic E-state index is 0.151. The van der Waals surface area contributed by atoms with Gasteiger partial charge >= 0.3 is 0 Å². The molecule has 2 rings (SSSR count). The van der Waals surface area contributed by atoms with Gasteiger partial charge in [-0.25, -0.2) is 0 Å². The molecule has 1 N–H and O–H groups in total. The second-order valence-corrected chi connectivity index (χ2v) is 7.10. The van der Waals surface area contributed by atoms with Gasteiger partial charge in [-0.15, -0.1) is 0 Å². The number of hydrogen-bond donors (Lipinski definition) is 1. The Morgan fingerprint density at radius 1 is 1.20 bits per heavy atom. The van der Waals surface area contributed by atoms with E-state index in [0.29, 0.717) is 12.8 Å². The van der Waals surface area contributed by atoms with Gasteiger partial charge in [0.1, 0.15) is 0 Å². The van der Waals surface area contributed by atoms with Gasteiger partial charge in [0, 0.05) is 19.4 Å². The van der Waals surface area contributed by atoms with E-state index in [1.807, 2.05) is 41.3 Å². The van der Waals surface area contributed by atoms with Crippen LogP contribution in [0.15, 0.2) is 42.5 Å². The Hall–Kier alpha value is -1.61. The Morgan fingerprint density at radius 2 is 1.96 bits per heavy atom. The number of nitrogens with zero attached hydrogens (tertiary/aromatic N) is 1. The number of unbranched alkanes of at least 4 members (excludes halogenated alkanes) is 4. The van der Waals surface area contributed by atoms with E-state index >= 15 is 0 Å². The molecule has 138 valence electrons. The topological polar surface area (TPSA) is 40.5 Å². The van der Waals surface area contributed by atoms with Crippen LogP contribution in [0.5, 0.6) is 0 Å². The van der Waals surface area contributed by atoms with Gasteiger partial charge < -0.3 is 10.0 Å². The average molecular weight is 344 g/mol. The Morgan fingerprint density at radius 3 is 2.72 bits per heavy atom. The summed E-state index contributed by atoms with van der Waals surface area (Å²) < 4.78 is 0. The second kappa shape index (κ2) is 11.1. The lowest BCUT2D eigenvalue weighted by molar-refractivity contribution is -0.135. The molecule has 1 aromatic rings. The van der Waals surface area contributed by atoms with E-state index in [1.165, 1.54) is 25.7 Å². The maximum absolute atomic E-state index is 12.3. The van der Waals surface area contributed by atoms with Gasteiger partial charge in [0.25, 0.3) is 0 Å². The fourth-order valence-electron chi connectivity index (χ4n) is 3.50. The third kappa shape index (κ3) is 7.03. The Kier molecular flexibility index (Phi) is 8.75. The number of aliphatic hydroxyl groups is 1. The van der Waals surface area contributed by atoms with Crippen molar-refractivity contribution in [1.29, 1.82) is 0 Å². The normalized spacial score (nSPS) is 19.5. The fraction of sp³-hybridized carbons (Fsp3) is 0.591. The van der Waals surface area contributed by atoms with Crippen molar-refractivity contribution in [2.24, 2.45) is 0 Å². The van der Waals surface area contributed by atoms with Crippen LogP contribution >= 0.6 is 0 Å². The van der Waals surface area contributed by atoms with Gasteiger partial charge in [0.05, 0.1) is 12.1 Å². The number of likely N-dealkylation sites (tertiary alicyclic amines) is 1. The molecular weight excluding hydrogens is 310 g/mol. The minimum atomic E-state index is -0.495. The lowest BCUT2D eigenvalue weighted by atomic mass is 9.99. The highest BCUT2D eigenvalue weighted by Crippen LogP contribution is 2.21. The first-order valence-corrected chi connectivity index (χ1v) is 9.90. The molecule has 0 spiro atoms. The summed E-state index contributed by atoms with van der Waals surface area (Å²) in [5.41, 5.74) is 1.13. The molecule has 1 fully saturated rings. The van der Waals surface area contributed by atoms with Gasteiger partial charge in [-0.1, -0.05) is 75.1 Å². The molecule has 0 aromatic heterocycles. The fourth-order valence-corrected chi connectivity index (χ4v) is 3.50. The van der Waals surface area contributed by atoms with Crippen molar-refractivity contribution in [2.75, 3.05) is 6.54 Å². The predicted octanol–water partition coefficient (Wildman–Crippen LogP) is 4.50. The monoisotopic (exact) mass is 343 g/mol. The van der Waals surface area contributed by atoms with Gasteiger partial charge in [0.15, 0.2) is 0 Å². The highest BCUT2D eigenvalue weighted by molar-refractivity contribution is 5.77. The largest absolute Gasteiger partial charge is 0.389 e. The van der Waals surface area contributed by atoms with Crippen LogP contribution in [0.25, 0.3) is 0 Å². The Labute approximate surface area is 152 Å². The van der Waals surface area contributed by atoms with E-state index in [-0.39, 0.29) is 11.9 Å². The number of carbonyl (C=O) groups is 1. The van der Waals surface area contributed by atoms with Crippen molar-refractivity contribution in [2.45, 2.75) is 76.9 Å². The van der Waals surface area contributed by atoms with Crippen molar-refractivity contribution in [3.05, 3.63) is 48.0 Å². The smallest absolute Gasteiger partial charge is 0.223 e. The molecule has 0 bridgehead atoms. The molecule has 1 amide bonds. The molecule has 2 unspecified atom stereocenters. The van der Waals surface area contributed by atoms with Crippen LogP contribution in [0.3, 0.4) is 0 Å². The Bertz CT molecular complexity index is 526. The summed E-state index contributed by atoms with van der Waals surface area (Å²) in [6.45, 7) is 3.07. The number of benzene rings is 1.